The van der Waals surface area contributed by atoms with Gasteiger partial charge in [-0.1, -0.05) is 6.42 Å². The molecule has 1 fully saturated rings. The molecule has 2 N–H and O–H groups in total. The molecule has 1 rings (SSSR count). The van der Waals surface area contributed by atoms with Gasteiger partial charge in [0.2, 0.25) is 11.8 Å². The summed E-state index contributed by atoms with van der Waals surface area (Å²) in [7, 11) is 0. The van der Waals surface area contributed by atoms with Gasteiger partial charge in [0.25, 0.3) is 0 Å². The minimum atomic E-state index is -4.58. The van der Waals surface area contributed by atoms with Crippen LogP contribution in [0.1, 0.15) is 19.3 Å². The van der Waals surface area contributed by atoms with Crippen LogP contribution in [0.25, 0.3) is 0 Å². The van der Waals surface area contributed by atoms with Gasteiger partial charge in [-0.05, 0) is 12.8 Å². The first-order valence-electron chi connectivity index (χ1n) is 6.18. The Morgan fingerprint density at radius 1 is 0.810 bits per heavy atom. The maximum atomic E-state index is 12.0. The van der Waals surface area contributed by atoms with Crippen molar-refractivity contribution in [1.82, 2.24) is 10.6 Å². The summed E-state index contributed by atoms with van der Waals surface area (Å²) >= 11 is 0. The molecule has 0 bridgehead atoms. The monoisotopic (exact) mass is 320 g/mol. The van der Waals surface area contributed by atoms with Crippen molar-refractivity contribution in [3.63, 3.8) is 0 Å². The van der Waals surface area contributed by atoms with Crippen LogP contribution < -0.4 is 10.6 Å². The number of hydrogen-bond donors (Lipinski definition) is 2. The minimum absolute atomic E-state index is 0.174. The Bertz CT molecular complexity index is 357. The van der Waals surface area contributed by atoms with Gasteiger partial charge in [-0.15, -0.1) is 0 Å². The summed E-state index contributed by atoms with van der Waals surface area (Å²) in [6.45, 7) is -3.06. The Morgan fingerprint density at radius 3 is 1.43 bits per heavy atom. The van der Waals surface area contributed by atoms with Gasteiger partial charge in [0.15, 0.2) is 0 Å². The molecule has 1 aliphatic rings. The van der Waals surface area contributed by atoms with Crippen molar-refractivity contribution in [2.75, 3.05) is 13.1 Å². The van der Waals surface area contributed by atoms with Crippen molar-refractivity contribution in [3.8, 4) is 0 Å². The number of hydrogen-bond acceptors (Lipinski definition) is 2. The third-order valence-corrected chi connectivity index (χ3v) is 3.12. The molecule has 0 aliphatic heterocycles. The van der Waals surface area contributed by atoms with E-state index in [2.05, 4.69) is 0 Å². The van der Waals surface area contributed by atoms with Crippen LogP contribution in [0.2, 0.25) is 0 Å². The van der Waals surface area contributed by atoms with Gasteiger partial charge in [0.1, 0.15) is 13.1 Å². The number of halogens is 6. The molecule has 0 saturated heterocycles. The molecule has 2 unspecified atom stereocenters. The number of rotatable bonds is 4. The molecule has 122 valence electrons. The van der Waals surface area contributed by atoms with Crippen molar-refractivity contribution in [2.24, 2.45) is 11.8 Å². The smallest absolute Gasteiger partial charge is 0.347 e. The Balaban J connectivity index is 2.54. The summed E-state index contributed by atoms with van der Waals surface area (Å²) in [4.78, 5) is 23.2. The van der Waals surface area contributed by atoms with E-state index in [-0.39, 0.29) is 12.8 Å². The molecular formula is C11H14F6N2O2. The fourth-order valence-electron chi connectivity index (χ4n) is 2.22. The van der Waals surface area contributed by atoms with E-state index in [0.717, 1.165) is 0 Å². The second kappa shape index (κ2) is 6.52. The van der Waals surface area contributed by atoms with Crippen LogP contribution in [0, 0.1) is 11.8 Å². The van der Waals surface area contributed by atoms with Crippen LogP contribution in [-0.2, 0) is 9.59 Å². The van der Waals surface area contributed by atoms with Gasteiger partial charge in [-0.25, -0.2) is 0 Å². The Kier molecular flexibility index (Phi) is 5.46. The molecule has 0 aromatic rings. The van der Waals surface area contributed by atoms with E-state index in [1.165, 1.54) is 0 Å². The highest BCUT2D eigenvalue weighted by atomic mass is 19.4. The number of nitrogens with one attached hydrogen (secondary N) is 2. The molecule has 0 aromatic carbocycles. The second-order valence-corrected chi connectivity index (χ2v) is 4.81. The normalized spacial score (nSPS) is 23.0. The van der Waals surface area contributed by atoms with E-state index in [1.807, 2.05) is 0 Å². The highest BCUT2D eigenvalue weighted by Crippen LogP contribution is 2.32. The van der Waals surface area contributed by atoms with Gasteiger partial charge >= 0.3 is 12.4 Å². The summed E-state index contributed by atoms with van der Waals surface area (Å²) < 4.78 is 71.9. The van der Waals surface area contributed by atoms with Gasteiger partial charge in [-0.2, -0.15) is 26.3 Å². The van der Waals surface area contributed by atoms with E-state index in [9.17, 15) is 35.9 Å². The molecule has 4 nitrogen and oxygen atoms in total. The Morgan fingerprint density at radius 2 is 1.14 bits per heavy atom. The molecule has 0 aromatic heterocycles. The fourth-order valence-corrected chi connectivity index (χ4v) is 2.22. The lowest BCUT2D eigenvalue weighted by atomic mass is 9.94. The van der Waals surface area contributed by atoms with Crippen LogP contribution in [0.4, 0.5) is 26.3 Å². The third kappa shape index (κ3) is 6.21. The third-order valence-electron chi connectivity index (χ3n) is 3.12. The summed E-state index contributed by atoms with van der Waals surface area (Å²) in [6, 6.07) is 0. The van der Waals surface area contributed by atoms with E-state index < -0.39 is 49.1 Å². The number of alkyl halides is 6. The second-order valence-electron chi connectivity index (χ2n) is 4.81. The standard InChI is InChI=1S/C11H14F6N2O2/c12-10(13,14)4-18-8(20)6-2-1-3-7(6)9(21)19-5-11(15,16)17/h6-7H,1-5H2,(H,18,20)(H,19,21). The molecule has 1 saturated carbocycles. The number of carbonyl (C=O) groups is 2. The molecule has 0 spiro atoms. The van der Waals surface area contributed by atoms with Crippen LogP contribution in [0.15, 0.2) is 0 Å². The molecule has 2 amide bonds. The van der Waals surface area contributed by atoms with Crippen molar-refractivity contribution < 1.29 is 35.9 Å². The quantitative estimate of drug-likeness (QED) is 0.776. The first kappa shape index (κ1) is 17.6. The molecule has 1 aliphatic carbocycles. The summed E-state index contributed by atoms with van der Waals surface area (Å²) in [5, 5.41) is 3.31. The van der Waals surface area contributed by atoms with Crippen molar-refractivity contribution in [3.05, 3.63) is 0 Å². The van der Waals surface area contributed by atoms with E-state index in [4.69, 9.17) is 0 Å². The van der Waals surface area contributed by atoms with Crippen LogP contribution in [0.3, 0.4) is 0 Å². The Hall–Kier alpha value is -1.48. The fraction of sp³-hybridized carbons (Fsp3) is 0.818. The van der Waals surface area contributed by atoms with Crippen molar-refractivity contribution in [2.45, 2.75) is 31.6 Å². The molecule has 0 radical (unpaired) electrons. The lowest BCUT2D eigenvalue weighted by Crippen LogP contribution is -2.44. The maximum Gasteiger partial charge on any atom is 0.405 e. The van der Waals surface area contributed by atoms with Crippen LogP contribution in [-0.4, -0.2) is 37.3 Å². The van der Waals surface area contributed by atoms with Crippen LogP contribution >= 0.6 is 0 Å². The largest absolute Gasteiger partial charge is 0.405 e. The highest BCUT2D eigenvalue weighted by Gasteiger charge is 2.40. The van der Waals surface area contributed by atoms with Gasteiger partial charge in [0, 0.05) is 11.8 Å². The number of carbonyl (C=O) groups excluding carboxylic acids is 2. The molecule has 0 heterocycles. The first-order chi connectivity index (χ1) is 9.49. The maximum absolute atomic E-state index is 12.0. The van der Waals surface area contributed by atoms with Gasteiger partial charge in [0.05, 0.1) is 0 Å². The minimum Gasteiger partial charge on any atom is -0.347 e. The zero-order valence-corrected chi connectivity index (χ0v) is 10.8. The highest BCUT2D eigenvalue weighted by molar-refractivity contribution is 5.88. The lowest BCUT2D eigenvalue weighted by Gasteiger charge is -2.19. The Labute approximate surface area is 116 Å². The predicted octanol–water partition coefficient (Wildman–Crippen LogP) is 1.76. The van der Waals surface area contributed by atoms with Crippen molar-refractivity contribution >= 4 is 11.8 Å². The van der Waals surface area contributed by atoms with E-state index in [1.54, 1.807) is 10.6 Å². The summed E-state index contributed by atoms with van der Waals surface area (Å²) in [5.74, 6) is -3.98. The first-order valence-corrected chi connectivity index (χ1v) is 6.18. The molecule has 10 heteroatoms. The van der Waals surface area contributed by atoms with Gasteiger partial charge < -0.3 is 10.6 Å². The summed E-state index contributed by atoms with van der Waals surface area (Å²) in [5.41, 5.74) is 0. The van der Waals surface area contributed by atoms with Gasteiger partial charge in [-0.3, -0.25) is 9.59 Å². The SMILES string of the molecule is O=C(NCC(F)(F)F)C1CCCC1C(=O)NCC(F)(F)F. The molecular weight excluding hydrogens is 306 g/mol. The average Bonchev–Trinajstić information content (AvgIpc) is 2.80. The molecule has 2 atom stereocenters. The van der Waals surface area contributed by atoms with E-state index in [0.29, 0.717) is 6.42 Å². The van der Waals surface area contributed by atoms with Crippen molar-refractivity contribution in [1.29, 1.82) is 0 Å². The van der Waals surface area contributed by atoms with Crippen LogP contribution in [0.5, 0.6) is 0 Å². The average molecular weight is 320 g/mol. The summed E-state index contributed by atoms with van der Waals surface area (Å²) in [6.07, 6.45) is -8.42. The van der Waals surface area contributed by atoms with E-state index >= 15 is 0 Å². The zero-order valence-electron chi connectivity index (χ0n) is 10.8. The predicted molar refractivity (Wildman–Crippen MR) is 59.0 cm³/mol. The number of amides is 2. The molecule has 21 heavy (non-hydrogen) atoms. The zero-order chi connectivity index (χ0) is 16.3. The lowest BCUT2D eigenvalue weighted by molar-refractivity contribution is -0.146. The topological polar surface area (TPSA) is 58.2 Å².